The highest BCUT2D eigenvalue weighted by atomic mass is 19.4. The molecular weight excluding hydrogens is 304 g/mol. The van der Waals surface area contributed by atoms with Gasteiger partial charge < -0.3 is 10.5 Å². The summed E-state index contributed by atoms with van der Waals surface area (Å²) in [6, 6.07) is -0.289. The fraction of sp³-hybridized carbons (Fsp3) is 0.417. The zero-order valence-corrected chi connectivity index (χ0v) is 10.7. The molecule has 21 heavy (non-hydrogen) atoms. The van der Waals surface area contributed by atoms with Gasteiger partial charge in [0.25, 0.3) is 0 Å². The van der Waals surface area contributed by atoms with Crippen LogP contribution >= 0.6 is 0 Å². The molecule has 0 saturated heterocycles. The second-order valence-corrected chi connectivity index (χ2v) is 4.25. The number of ether oxygens (including phenoxy) is 1. The first-order chi connectivity index (χ1) is 9.45. The Morgan fingerprint density at radius 3 is 1.86 bits per heavy atom. The van der Waals surface area contributed by atoms with E-state index in [1.54, 1.807) is 0 Å². The predicted molar refractivity (Wildman–Crippen MR) is 60.1 cm³/mol. The van der Waals surface area contributed by atoms with Crippen molar-refractivity contribution < 1.29 is 35.9 Å². The molecule has 0 fully saturated rings. The van der Waals surface area contributed by atoms with Gasteiger partial charge in [0.15, 0.2) is 0 Å². The number of carbonyl (C=O) groups is 1. The number of carbonyl (C=O) groups excluding carboxylic acids is 1. The van der Waals surface area contributed by atoms with Gasteiger partial charge in [-0.25, -0.2) is 0 Å². The maximum atomic E-state index is 12.6. The summed E-state index contributed by atoms with van der Waals surface area (Å²) in [6.45, 7) is 0. The third-order valence-electron chi connectivity index (χ3n) is 2.61. The molecule has 2 N–H and O–H groups in total. The Morgan fingerprint density at radius 1 is 1.10 bits per heavy atom. The molecule has 0 heterocycles. The van der Waals surface area contributed by atoms with Gasteiger partial charge in [-0.3, -0.25) is 4.79 Å². The number of benzene rings is 1. The second-order valence-electron chi connectivity index (χ2n) is 4.25. The van der Waals surface area contributed by atoms with E-state index in [-0.39, 0.29) is 11.6 Å². The van der Waals surface area contributed by atoms with Crippen molar-refractivity contribution in [2.24, 2.45) is 5.73 Å². The summed E-state index contributed by atoms with van der Waals surface area (Å²) >= 11 is 0. The van der Waals surface area contributed by atoms with Gasteiger partial charge in [-0.2, -0.15) is 26.3 Å². The molecule has 3 nitrogen and oxygen atoms in total. The number of rotatable bonds is 3. The van der Waals surface area contributed by atoms with E-state index in [9.17, 15) is 31.1 Å². The van der Waals surface area contributed by atoms with Gasteiger partial charge in [-0.1, -0.05) is 0 Å². The molecule has 0 saturated carbocycles. The maximum Gasteiger partial charge on any atom is 0.416 e. The maximum absolute atomic E-state index is 12.6. The number of hydrogen-bond donors (Lipinski definition) is 1. The number of halogens is 6. The normalized spacial score (nSPS) is 13.9. The summed E-state index contributed by atoms with van der Waals surface area (Å²) in [5.74, 6) is -0.930. The summed E-state index contributed by atoms with van der Waals surface area (Å²) in [4.78, 5) is 11.1. The van der Waals surface area contributed by atoms with Crippen LogP contribution in [0.4, 0.5) is 26.3 Å². The minimum Gasteiger partial charge on any atom is -0.468 e. The Labute approximate surface area is 115 Å². The van der Waals surface area contributed by atoms with Crippen molar-refractivity contribution in [3.8, 4) is 0 Å². The Hall–Kier alpha value is -1.77. The highest BCUT2D eigenvalue weighted by molar-refractivity contribution is 5.75. The Kier molecular flexibility index (Phi) is 4.87. The smallest absolute Gasteiger partial charge is 0.416 e. The molecule has 0 bridgehead atoms. The number of hydrogen-bond acceptors (Lipinski definition) is 3. The Morgan fingerprint density at radius 2 is 1.52 bits per heavy atom. The lowest BCUT2D eigenvalue weighted by molar-refractivity contribution is -0.143. The zero-order chi connectivity index (χ0) is 16.4. The summed E-state index contributed by atoms with van der Waals surface area (Å²) in [6.07, 6.45) is -10.4. The molecule has 0 aliphatic heterocycles. The average molecular weight is 315 g/mol. The Balaban J connectivity index is 3.23. The van der Waals surface area contributed by atoms with Crippen molar-refractivity contribution in [3.63, 3.8) is 0 Å². The molecule has 0 aliphatic carbocycles. The standard InChI is InChI=1S/C12H11F6NO2/c1-21-10(20)9(19)4-6-2-7(11(13,14)15)5-8(3-6)12(16,17)18/h2-3,5,9H,4,19H2,1H3. The van der Waals surface area contributed by atoms with Crippen molar-refractivity contribution in [3.05, 3.63) is 34.9 Å². The van der Waals surface area contributed by atoms with Crippen molar-refractivity contribution in [1.82, 2.24) is 0 Å². The van der Waals surface area contributed by atoms with Crippen molar-refractivity contribution in [1.29, 1.82) is 0 Å². The molecule has 0 aromatic heterocycles. The second kappa shape index (κ2) is 5.92. The molecular formula is C12H11F6NO2. The lowest BCUT2D eigenvalue weighted by Gasteiger charge is -2.15. The summed E-state index contributed by atoms with van der Waals surface area (Å²) in [5.41, 5.74) is 2.08. The first-order valence-electron chi connectivity index (χ1n) is 5.57. The zero-order valence-electron chi connectivity index (χ0n) is 10.7. The van der Waals surface area contributed by atoms with E-state index < -0.39 is 41.9 Å². The van der Waals surface area contributed by atoms with Crippen LogP contribution < -0.4 is 5.73 Å². The van der Waals surface area contributed by atoms with Crippen LogP contribution in [0, 0.1) is 0 Å². The van der Waals surface area contributed by atoms with Crippen molar-refractivity contribution in [2.75, 3.05) is 7.11 Å². The predicted octanol–water partition coefficient (Wildman–Crippen LogP) is 2.77. The highest BCUT2D eigenvalue weighted by Crippen LogP contribution is 2.36. The van der Waals surface area contributed by atoms with Crippen molar-refractivity contribution >= 4 is 5.97 Å². The number of alkyl halides is 6. The van der Waals surface area contributed by atoms with Gasteiger partial charge in [-0.15, -0.1) is 0 Å². The van der Waals surface area contributed by atoms with Gasteiger partial charge in [-0.05, 0) is 30.2 Å². The fourth-order valence-corrected chi connectivity index (χ4v) is 1.63. The molecule has 0 spiro atoms. The van der Waals surface area contributed by atoms with Crippen molar-refractivity contribution in [2.45, 2.75) is 24.8 Å². The van der Waals surface area contributed by atoms with Crippen LogP contribution in [0.3, 0.4) is 0 Å². The van der Waals surface area contributed by atoms with Crippen LogP contribution in [0.25, 0.3) is 0 Å². The number of nitrogens with two attached hydrogens (primary N) is 1. The number of methoxy groups -OCH3 is 1. The van der Waals surface area contributed by atoms with E-state index in [1.165, 1.54) is 0 Å². The minimum absolute atomic E-state index is 0.00711. The van der Waals surface area contributed by atoms with Gasteiger partial charge >= 0.3 is 18.3 Å². The molecule has 1 rings (SSSR count). The lowest BCUT2D eigenvalue weighted by atomic mass is 10.00. The Bertz CT molecular complexity index is 491. The van der Waals surface area contributed by atoms with Crippen LogP contribution in [0.2, 0.25) is 0 Å². The number of esters is 1. The van der Waals surface area contributed by atoms with Gasteiger partial charge in [0, 0.05) is 0 Å². The molecule has 0 aliphatic rings. The van der Waals surface area contributed by atoms with E-state index in [0.29, 0.717) is 12.1 Å². The molecule has 1 unspecified atom stereocenters. The van der Waals surface area contributed by atoms with Crippen LogP contribution in [-0.2, 0) is 28.3 Å². The van der Waals surface area contributed by atoms with Gasteiger partial charge in [0.1, 0.15) is 6.04 Å². The molecule has 118 valence electrons. The summed E-state index contributed by atoms with van der Waals surface area (Å²) in [5, 5.41) is 0. The average Bonchev–Trinajstić information content (AvgIpc) is 2.35. The third kappa shape index (κ3) is 4.62. The molecule has 1 aromatic carbocycles. The summed E-state index contributed by atoms with van der Waals surface area (Å²) in [7, 11) is 1.01. The van der Waals surface area contributed by atoms with Crippen LogP contribution in [0.5, 0.6) is 0 Å². The minimum atomic E-state index is -4.94. The van der Waals surface area contributed by atoms with E-state index >= 15 is 0 Å². The highest BCUT2D eigenvalue weighted by Gasteiger charge is 2.37. The first kappa shape index (κ1) is 17.3. The first-order valence-corrected chi connectivity index (χ1v) is 5.57. The lowest BCUT2D eigenvalue weighted by Crippen LogP contribution is -2.33. The quantitative estimate of drug-likeness (QED) is 0.689. The largest absolute Gasteiger partial charge is 0.468 e. The monoisotopic (exact) mass is 315 g/mol. The molecule has 1 atom stereocenters. The summed E-state index contributed by atoms with van der Waals surface area (Å²) < 4.78 is 79.9. The van der Waals surface area contributed by atoms with Crippen LogP contribution in [0.1, 0.15) is 16.7 Å². The van der Waals surface area contributed by atoms with Crippen LogP contribution in [0.15, 0.2) is 18.2 Å². The van der Waals surface area contributed by atoms with E-state index in [4.69, 9.17) is 5.73 Å². The molecule has 1 aromatic rings. The third-order valence-corrected chi connectivity index (χ3v) is 2.61. The molecule has 0 amide bonds. The SMILES string of the molecule is COC(=O)C(N)Cc1cc(C(F)(F)F)cc(C(F)(F)F)c1. The van der Waals surface area contributed by atoms with Gasteiger partial charge in [0.05, 0.1) is 18.2 Å². The van der Waals surface area contributed by atoms with E-state index in [2.05, 4.69) is 4.74 Å². The fourth-order valence-electron chi connectivity index (χ4n) is 1.63. The molecule has 9 heteroatoms. The van der Waals surface area contributed by atoms with Gasteiger partial charge in [0.2, 0.25) is 0 Å². The van der Waals surface area contributed by atoms with E-state index in [0.717, 1.165) is 7.11 Å². The van der Waals surface area contributed by atoms with Crippen LogP contribution in [-0.4, -0.2) is 19.1 Å². The molecule has 0 radical (unpaired) electrons. The topological polar surface area (TPSA) is 52.3 Å². The van der Waals surface area contributed by atoms with E-state index in [1.807, 2.05) is 0 Å².